The van der Waals surface area contributed by atoms with Crippen molar-refractivity contribution in [2.45, 2.75) is 25.4 Å². The van der Waals surface area contributed by atoms with Crippen molar-refractivity contribution in [3.63, 3.8) is 0 Å². The Morgan fingerprint density at radius 3 is 2.56 bits per heavy atom. The third kappa shape index (κ3) is 8.64. The fourth-order valence-corrected chi connectivity index (χ4v) is 1.54. The average molecular weight is 231 g/mol. The normalized spacial score (nSPS) is 14.9. The van der Waals surface area contributed by atoms with E-state index in [1.54, 1.807) is 6.92 Å². The highest BCUT2D eigenvalue weighted by atomic mass is 16.3. The Bertz CT molecular complexity index is 205. The second kappa shape index (κ2) is 7.60. The third-order valence-corrected chi connectivity index (χ3v) is 2.15. The van der Waals surface area contributed by atoms with Crippen LogP contribution in [-0.2, 0) is 4.79 Å². The van der Waals surface area contributed by atoms with Crippen LogP contribution in [0.25, 0.3) is 0 Å². The van der Waals surface area contributed by atoms with Crippen molar-refractivity contribution in [1.82, 2.24) is 15.5 Å². The molecule has 1 amide bonds. The molecule has 96 valence electrons. The molecule has 0 aromatic carbocycles. The van der Waals surface area contributed by atoms with Crippen LogP contribution >= 0.6 is 0 Å². The standard InChI is InChI=1S/C11H25N3O2/c1-11(16,9-14(3)4)8-13-10(15)6-5-7-12-2/h12,16H,5-9H2,1-4H3,(H,13,15). The first kappa shape index (κ1) is 15.3. The Labute approximate surface area is 98.2 Å². The van der Waals surface area contributed by atoms with Crippen LogP contribution in [0.5, 0.6) is 0 Å². The summed E-state index contributed by atoms with van der Waals surface area (Å²) in [5, 5.41) is 15.7. The largest absolute Gasteiger partial charge is 0.387 e. The highest BCUT2D eigenvalue weighted by Crippen LogP contribution is 2.02. The zero-order valence-electron chi connectivity index (χ0n) is 10.8. The van der Waals surface area contributed by atoms with Crippen LogP contribution in [0.2, 0.25) is 0 Å². The molecule has 0 aliphatic carbocycles. The van der Waals surface area contributed by atoms with Crippen LogP contribution in [0.15, 0.2) is 0 Å². The molecule has 0 aliphatic heterocycles. The molecular weight excluding hydrogens is 206 g/mol. The van der Waals surface area contributed by atoms with E-state index in [4.69, 9.17) is 0 Å². The maximum Gasteiger partial charge on any atom is 0.220 e. The van der Waals surface area contributed by atoms with E-state index < -0.39 is 5.60 Å². The maximum absolute atomic E-state index is 11.4. The van der Waals surface area contributed by atoms with Crippen LogP contribution in [-0.4, -0.2) is 62.3 Å². The number of hydrogen-bond donors (Lipinski definition) is 3. The van der Waals surface area contributed by atoms with Crippen molar-refractivity contribution in [2.24, 2.45) is 0 Å². The van der Waals surface area contributed by atoms with Crippen molar-refractivity contribution in [1.29, 1.82) is 0 Å². The van der Waals surface area contributed by atoms with Crippen LogP contribution in [0, 0.1) is 0 Å². The molecule has 1 unspecified atom stereocenters. The van der Waals surface area contributed by atoms with Gasteiger partial charge in [0.05, 0.1) is 5.60 Å². The van der Waals surface area contributed by atoms with Gasteiger partial charge in [0.1, 0.15) is 0 Å². The SMILES string of the molecule is CNCCCC(=O)NCC(C)(O)CN(C)C. The number of likely N-dealkylation sites (N-methyl/N-ethyl adjacent to an activating group) is 1. The predicted molar refractivity (Wildman–Crippen MR) is 65.3 cm³/mol. The molecule has 5 nitrogen and oxygen atoms in total. The number of carbonyl (C=O) groups is 1. The quantitative estimate of drug-likeness (QED) is 0.489. The first-order chi connectivity index (χ1) is 7.37. The molecule has 0 saturated heterocycles. The van der Waals surface area contributed by atoms with Gasteiger partial charge < -0.3 is 20.6 Å². The molecule has 0 radical (unpaired) electrons. The van der Waals surface area contributed by atoms with Gasteiger partial charge in [0, 0.05) is 19.5 Å². The number of carbonyl (C=O) groups excluding carboxylic acids is 1. The van der Waals surface area contributed by atoms with E-state index in [2.05, 4.69) is 10.6 Å². The van der Waals surface area contributed by atoms with Gasteiger partial charge in [-0.25, -0.2) is 0 Å². The molecule has 0 aromatic heterocycles. The van der Waals surface area contributed by atoms with Gasteiger partial charge in [-0.3, -0.25) is 4.79 Å². The molecule has 0 fully saturated rings. The smallest absolute Gasteiger partial charge is 0.220 e. The summed E-state index contributed by atoms with van der Waals surface area (Å²) in [4.78, 5) is 13.3. The van der Waals surface area contributed by atoms with E-state index in [1.165, 1.54) is 0 Å². The minimum atomic E-state index is -0.873. The van der Waals surface area contributed by atoms with Gasteiger partial charge in [-0.1, -0.05) is 0 Å². The van der Waals surface area contributed by atoms with Gasteiger partial charge in [0.2, 0.25) is 5.91 Å². The lowest BCUT2D eigenvalue weighted by Gasteiger charge is -2.27. The lowest BCUT2D eigenvalue weighted by Crippen LogP contribution is -2.47. The van der Waals surface area contributed by atoms with E-state index in [1.807, 2.05) is 26.0 Å². The van der Waals surface area contributed by atoms with Crippen LogP contribution in [0.1, 0.15) is 19.8 Å². The summed E-state index contributed by atoms with van der Waals surface area (Å²) in [5.41, 5.74) is -0.873. The van der Waals surface area contributed by atoms with E-state index >= 15 is 0 Å². The van der Waals surface area contributed by atoms with E-state index in [9.17, 15) is 9.90 Å². The molecule has 0 bridgehead atoms. The number of rotatable bonds is 8. The molecular formula is C11H25N3O2. The van der Waals surface area contributed by atoms with Crippen molar-refractivity contribution in [3.8, 4) is 0 Å². The number of aliphatic hydroxyl groups is 1. The summed E-state index contributed by atoms with van der Waals surface area (Å²) in [7, 11) is 5.65. The van der Waals surface area contributed by atoms with Crippen LogP contribution in [0.4, 0.5) is 0 Å². The van der Waals surface area contributed by atoms with E-state index in [-0.39, 0.29) is 5.91 Å². The lowest BCUT2D eigenvalue weighted by atomic mass is 10.1. The number of nitrogens with one attached hydrogen (secondary N) is 2. The first-order valence-corrected chi connectivity index (χ1v) is 5.66. The van der Waals surface area contributed by atoms with Gasteiger partial charge in [-0.15, -0.1) is 0 Å². The molecule has 0 saturated carbocycles. The van der Waals surface area contributed by atoms with Gasteiger partial charge in [0.15, 0.2) is 0 Å². The van der Waals surface area contributed by atoms with Gasteiger partial charge in [-0.2, -0.15) is 0 Å². The maximum atomic E-state index is 11.4. The summed E-state index contributed by atoms with van der Waals surface area (Å²) in [6, 6.07) is 0. The number of amides is 1. The Kier molecular flexibility index (Phi) is 7.29. The first-order valence-electron chi connectivity index (χ1n) is 5.66. The van der Waals surface area contributed by atoms with Crippen molar-refractivity contribution in [3.05, 3.63) is 0 Å². The second-order valence-electron chi connectivity index (χ2n) is 4.72. The molecule has 0 aromatic rings. The Morgan fingerprint density at radius 1 is 1.44 bits per heavy atom. The van der Waals surface area contributed by atoms with Gasteiger partial charge >= 0.3 is 0 Å². The zero-order chi connectivity index (χ0) is 12.6. The molecule has 0 spiro atoms. The summed E-state index contributed by atoms with van der Waals surface area (Å²) < 4.78 is 0. The Balaban J connectivity index is 3.72. The van der Waals surface area contributed by atoms with Crippen LogP contribution in [0.3, 0.4) is 0 Å². The summed E-state index contributed by atoms with van der Waals surface area (Å²) in [6.07, 6.45) is 1.32. The minimum absolute atomic E-state index is 0.00530. The van der Waals surface area contributed by atoms with E-state index in [0.717, 1.165) is 13.0 Å². The molecule has 0 heterocycles. The van der Waals surface area contributed by atoms with E-state index in [0.29, 0.717) is 19.5 Å². The van der Waals surface area contributed by atoms with Crippen molar-refractivity contribution in [2.75, 3.05) is 40.8 Å². The zero-order valence-corrected chi connectivity index (χ0v) is 10.8. The molecule has 0 aliphatic rings. The highest BCUT2D eigenvalue weighted by molar-refractivity contribution is 5.75. The number of nitrogens with zero attached hydrogens (tertiary/aromatic N) is 1. The Morgan fingerprint density at radius 2 is 2.06 bits per heavy atom. The van der Waals surface area contributed by atoms with Gasteiger partial charge in [0.25, 0.3) is 0 Å². The molecule has 16 heavy (non-hydrogen) atoms. The fourth-order valence-electron chi connectivity index (χ4n) is 1.54. The summed E-state index contributed by atoms with van der Waals surface area (Å²) >= 11 is 0. The predicted octanol–water partition coefficient (Wildman–Crippen LogP) is -0.585. The molecule has 0 rings (SSSR count). The van der Waals surface area contributed by atoms with Crippen molar-refractivity contribution >= 4 is 5.91 Å². The third-order valence-electron chi connectivity index (χ3n) is 2.15. The van der Waals surface area contributed by atoms with Gasteiger partial charge in [-0.05, 0) is 41.0 Å². The lowest BCUT2D eigenvalue weighted by molar-refractivity contribution is -0.122. The van der Waals surface area contributed by atoms with Crippen molar-refractivity contribution < 1.29 is 9.90 Å². The summed E-state index contributed by atoms with van der Waals surface area (Å²) in [5.74, 6) is -0.00530. The fraction of sp³-hybridized carbons (Fsp3) is 0.909. The van der Waals surface area contributed by atoms with Crippen LogP contribution < -0.4 is 10.6 Å². The highest BCUT2D eigenvalue weighted by Gasteiger charge is 2.21. The molecule has 1 atom stereocenters. The molecule has 3 N–H and O–H groups in total. The minimum Gasteiger partial charge on any atom is -0.387 e. The number of hydrogen-bond acceptors (Lipinski definition) is 4. The molecule has 5 heteroatoms. The second-order valence-corrected chi connectivity index (χ2v) is 4.72. The summed E-state index contributed by atoms with van der Waals surface area (Å²) in [6.45, 7) is 3.38. The monoisotopic (exact) mass is 231 g/mol. The average Bonchev–Trinajstić information content (AvgIpc) is 2.13. The Hall–Kier alpha value is -0.650. The topological polar surface area (TPSA) is 64.6 Å².